The summed E-state index contributed by atoms with van der Waals surface area (Å²) < 4.78 is 0.879. The van der Waals surface area contributed by atoms with E-state index < -0.39 is 0 Å². The van der Waals surface area contributed by atoms with Gasteiger partial charge in [0.15, 0.2) is 5.13 Å². The van der Waals surface area contributed by atoms with Crippen LogP contribution in [0, 0.1) is 0 Å². The smallest absolute Gasteiger partial charge is 0.184 e. The molecule has 0 radical (unpaired) electrons. The first-order valence-electron chi connectivity index (χ1n) is 4.56. The molecular formula is C9H10BrN3S2. The van der Waals surface area contributed by atoms with Crippen molar-refractivity contribution in [2.45, 2.75) is 19.4 Å². The van der Waals surface area contributed by atoms with E-state index in [1.165, 1.54) is 0 Å². The van der Waals surface area contributed by atoms with Gasteiger partial charge in [-0.25, -0.2) is 9.97 Å². The van der Waals surface area contributed by atoms with Crippen molar-refractivity contribution < 1.29 is 0 Å². The number of hydrogen-bond donors (Lipinski definition) is 1. The Labute approximate surface area is 105 Å². The van der Waals surface area contributed by atoms with Crippen LogP contribution in [0.1, 0.15) is 24.4 Å². The van der Waals surface area contributed by atoms with E-state index in [9.17, 15) is 0 Å². The molecule has 2 aromatic rings. The van der Waals surface area contributed by atoms with Crippen LogP contribution in [0.25, 0.3) is 0 Å². The van der Waals surface area contributed by atoms with Gasteiger partial charge in [0.2, 0.25) is 0 Å². The van der Waals surface area contributed by atoms with Crippen LogP contribution in [0.2, 0.25) is 0 Å². The zero-order valence-electron chi connectivity index (χ0n) is 8.11. The summed E-state index contributed by atoms with van der Waals surface area (Å²) in [6.45, 7) is 2.14. The number of nitrogens with one attached hydrogen (secondary N) is 1. The van der Waals surface area contributed by atoms with Crippen molar-refractivity contribution in [3.63, 3.8) is 0 Å². The average Bonchev–Trinajstić information content (AvgIpc) is 2.85. The molecule has 0 spiro atoms. The third kappa shape index (κ3) is 2.76. The minimum absolute atomic E-state index is 0.267. The lowest BCUT2D eigenvalue weighted by molar-refractivity contribution is 0.741. The van der Waals surface area contributed by atoms with Crippen LogP contribution in [0.4, 0.5) is 5.13 Å². The Morgan fingerprint density at radius 1 is 1.53 bits per heavy atom. The van der Waals surface area contributed by atoms with E-state index in [1.54, 1.807) is 22.7 Å². The first-order valence-corrected chi connectivity index (χ1v) is 7.11. The number of aromatic nitrogens is 2. The minimum atomic E-state index is 0.267. The quantitative estimate of drug-likeness (QED) is 0.930. The summed E-state index contributed by atoms with van der Waals surface area (Å²) in [5.74, 6) is 0. The maximum Gasteiger partial charge on any atom is 0.184 e. The van der Waals surface area contributed by atoms with Crippen LogP contribution < -0.4 is 5.32 Å². The van der Waals surface area contributed by atoms with Crippen LogP contribution in [0.3, 0.4) is 0 Å². The van der Waals surface area contributed by atoms with Gasteiger partial charge >= 0.3 is 0 Å². The van der Waals surface area contributed by atoms with E-state index in [0.29, 0.717) is 0 Å². The lowest BCUT2D eigenvalue weighted by atomic mass is 10.2. The van der Waals surface area contributed by atoms with Crippen molar-refractivity contribution >= 4 is 43.7 Å². The molecule has 1 N–H and O–H groups in total. The predicted molar refractivity (Wildman–Crippen MR) is 68.6 cm³/mol. The first kappa shape index (κ1) is 11.0. The second-order valence-corrected chi connectivity index (χ2v) is 5.55. The fraction of sp³-hybridized carbons (Fsp3) is 0.333. The van der Waals surface area contributed by atoms with E-state index >= 15 is 0 Å². The number of thiazole rings is 2. The maximum atomic E-state index is 4.31. The van der Waals surface area contributed by atoms with E-state index in [2.05, 4.69) is 38.1 Å². The third-order valence-corrected chi connectivity index (χ3v) is 4.30. The van der Waals surface area contributed by atoms with E-state index in [1.807, 2.05) is 17.0 Å². The average molecular weight is 304 g/mol. The summed E-state index contributed by atoms with van der Waals surface area (Å²) in [6.07, 6.45) is 2.84. The molecule has 3 nitrogen and oxygen atoms in total. The zero-order valence-corrected chi connectivity index (χ0v) is 11.3. The zero-order chi connectivity index (χ0) is 10.7. The van der Waals surface area contributed by atoms with Gasteiger partial charge in [-0.3, -0.25) is 0 Å². The molecule has 0 saturated carbocycles. The van der Waals surface area contributed by atoms with Gasteiger partial charge < -0.3 is 5.32 Å². The molecule has 0 fully saturated rings. The molecule has 1 atom stereocenters. The highest BCUT2D eigenvalue weighted by Crippen LogP contribution is 2.27. The Hall–Kier alpha value is -0.460. The van der Waals surface area contributed by atoms with Crippen molar-refractivity contribution in [2.75, 3.05) is 5.32 Å². The normalized spacial score (nSPS) is 12.7. The first-order chi connectivity index (χ1) is 7.29. The molecule has 2 aromatic heterocycles. The number of nitrogens with zero attached hydrogens (tertiary/aromatic N) is 2. The molecule has 1 unspecified atom stereocenters. The lowest BCUT2D eigenvalue weighted by Gasteiger charge is -2.12. The summed E-state index contributed by atoms with van der Waals surface area (Å²) in [6, 6.07) is 0.267. The second kappa shape index (κ2) is 5.05. The van der Waals surface area contributed by atoms with E-state index in [4.69, 9.17) is 0 Å². The van der Waals surface area contributed by atoms with Gasteiger partial charge in [-0.15, -0.1) is 22.7 Å². The highest BCUT2D eigenvalue weighted by Gasteiger charge is 2.12. The van der Waals surface area contributed by atoms with Crippen molar-refractivity contribution in [1.29, 1.82) is 0 Å². The van der Waals surface area contributed by atoms with Crippen LogP contribution >= 0.6 is 38.6 Å². The Bertz CT molecular complexity index is 413. The van der Waals surface area contributed by atoms with Gasteiger partial charge in [-0.2, -0.15) is 0 Å². The molecule has 6 heteroatoms. The van der Waals surface area contributed by atoms with Crippen molar-refractivity contribution in [2.24, 2.45) is 0 Å². The fourth-order valence-corrected chi connectivity index (χ4v) is 3.19. The Morgan fingerprint density at radius 3 is 2.93 bits per heavy atom. The molecule has 2 heterocycles. The van der Waals surface area contributed by atoms with Gasteiger partial charge in [-0.1, -0.05) is 6.92 Å². The SMILES string of the molecule is CCC(Nc1nc(Br)cs1)c1nccs1. The fourth-order valence-electron chi connectivity index (χ4n) is 1.21. The Kier molecular flexibility index (Phi) is 3.71. The lowest BCUT2D eigenvalue weighted by Crippen LogP contribution is -2.08. The molecule has 0 aliphatic carbocycles. The molecule has 80 valence electrons. The van der Waals surface area contributed by atoms with Gasteiger partial charge in [0.1, 0.15) is 9.61 Å². The van der Waals surface area contributed by atoms with Crippen LogP contribution in [-0.2, 0) is 0 Å². The Balaban J connectivity index is 2.09. The number of halogens is 1. The highest BCUT2D eigenvalue weighted by atomic mass is 79.9. The molecule has 2 rings (SSSR count). The van der Waals surface area contributed by atoms with Gasteiger partial charge in [0.05, 0.1) is 6.04 Å². The van der Waals surface area contributed by atoms with E-state index in [0.717, 1.165) is 21.2 Å². The topological polar surface area (TPSA) is 37.8 Å². The largest absolute Gasteiger partial charge is 0.352 e. The second-order valence-electron chi connectivity index (χ2n) is 2.95. The van der Waals surface area contributed by atoms with Gasteiger partial charge in [-0.05, 0) is 22.4 Å². The van der Waals surface area contributed by atoms with Gasteiger partial charge in [0.25, 0.3) is 0 Å². The number of anilines is 1. The summed E-state index contributed by atoms with van der Waals surface area (Å²) in [4.78, 5) is 8.62. The van der Waals surface area contributed by atoms with Crippen LogP contribution in [-0.4, -0.2) is 9.97 Å². The monoisotopic (exact) mass is 303 g/mol. The van der Waals surface area contributed by atoms with Crippen molar-refractivity contribution in [3.05, 3.63) is 26.6 Å². The highest BCUT2D eigenvalue weighted by molar-refractivity contribution is 9.10. The molecule has 0 amide bonds. The molecule has 15 heavy (non-hydrogen) atoms. The maximum absolute atomic E-state index is 4.31. The standard InChI is InChI=1S/C9H10BrN3S2/c1-2-6(8-11-3-4-14-8)12-9-13-7(10)5-15-9/h3-6H,2H2,1H3,(H,12,13). The molecular weight excluding hydrogens is 294 g/mol. The van der Waals surface area contributed by atoms with Crippen LogP contribution in [0.15, 0.2) is 21.6 Å². The summed E-state index contributed by atoms with van der Waals surface area (Å²) >= 11 is 6.61. The summed E-state index contributed by atoms with van der Waals surface area (Å²) in [7, 11) is 0. The molecule has 0 aliphatic heterocycles. The predicted octanol–water partition coefficient (Wildman–Crippen LogP) is 3.93. The molecule has 0 aromatic carbocycles. The van der Waals surface area contributed by atoms with Crippen molar-refractivity contribution in [3.8, 4) is 0 Å². The minimum Gasteiger partial charge on any atom is -0.352 e. The van der Waals surface area contributed by atoms with E-state index in [-0.39, 0.29) is 6.04 Å². The number of rotatable bonds is 4. The Morgan fingerprint density at radius 2 is 2.40 bits per heavy atom. The molecule has 0 bridgehead atoms. The molecule has 0 saturated heterocycles. The number of hydrogen-bond acceptors (Lipinski definition) is 5. The summed E-state index contributed by atoms with van der Waals surface area (Å²) in [5.41, 5.74) is 0. The van der Waals surface area contributed by atoms with Crippen molar-refractivity contribution in [1.82, 2.24) is 9.97 Å². The third-order valence-electron chi connectivity index (χ3n) is 1.93. The summed E-state index contributed by atoms with van der Waals surface area (Å²) in [5, 5.41) is 9.39. The van der Waals surface area contributed by atoms with Gasteiger partial charge in [0, 0.05) is 17.0 Å². The molecule has 0 aliphatic rings. The van der Waals surface area contributed by atoms with Crippen LogP contribution in [0.5, 0.6) is 0 Å².